The molecule has 1 heterocycles. The number of nitrogens with one attached hydrogen (secondary N) is 1. The molecular formula is C12H16N2O2S. The fraction of sp³-hybridized carbons (Fsp3) is 0.333. The van der Waals surface area contributed by atoms with Crippen LogP contribution in [0.25, 0.3) is 0 Å². The van der Waals surface area contributed by atoms with E-state index in [-0.39, 0.29) is 5.92 Å². The zero-order chi connectivity index (χ0) is 12.3. The molecule has 1 aliphatic rings. The number of para-hydroxylation sites is 1. The predicted molar refractivity (Wildman–Crippen MR) is 68.6 cm³/mol. The lowest BCUT2D eigenvalue weighted by Gasteiger charge is -2.38. The van der Waals surface area contributed by atoms with Crippen molar-refractivity contribution in [2.45, 2.75) is 19.8 Å². The van der Waals surface area contributed by atoms with Gasteiger partial charge in [-0.15, -0.1) is 0 Å². The van der Waals surface area contributed by atoms with Crippen LogP contribution in [0.15, 0.2) is 41.9 Å². The number of benzene rings is 1. The lowest BCUT2D eigenvalue weighted by molar-refractivity contribution is -0.261. The minimum Gasteiger partial charge on any atom is -0.443 e. The predicted octanol–water partition coefficient (Wildman–Crippen LogP) is 2.31. The Morgan fingerprint density at radius 3 is 2.59 bits per heavy atom. The van der Waals surface area contributed by atoms with Crippen LogP contribution in [0.2, 0.25) is 0 Å². The quantitative estimate of drug-likeness (QED) is 0.636. The Hall–Kier alpha value is -1.17. The van der Waals surface area contributed by atoms with Gasteiger partial charge in [0, 0.05) is 17.5 Å². The molecule has 1 unspecified atom stereocenters. The summed E-state index contributed by atoms with van der Waals surface area (Å²) < 4.78 is 5.70. The second kappa shape index (κ2) is 5.00. The topological polar surface area (TPSA) is 44.7 Å². The fourth-order valence-corrected chi connectivity index (χ4v) is 2.04. The molecule has 0 saturated heterocycles. The summed E-state index contributed by atoms with van der Waals surface area (Å²) in [5.74, 6) is -0.865. The first-order valence-corrected chi connectivity index (χ1v) is 6.34. The van der Waals surface area contributed by atoms with Crippen molar-refractivity contribution in [1.29, 1.82) is 0 Å². The molecule has 2 rings (SSSR count). The maximum Gasteiger partial charge on any atom is 0.308 e. The van der Waals surface area contributed by atoms with Crippen molar-refractivity contribution in [3.05, 3.63) is 41.9 Å². The van der Waals surface area contributed by atoms with Gasteiger partial charge in [-0.2, -0.15) is 4.83 Å². The van der Waals surface area contributed by atoms with E-state index in [1.54, 1.807) is 11.2 Å². The van der Waals surface area contributed by atoms with Crippen molar-refractivity contribution in [3.63, 3.8) is 0 Å². The molecule has 5 heteroatoms. The maximum absolute atomic E-state index is 10.6. The summed E-state index contributed by atoms with van der Waals surface area (Å²) in [5, 5.41) is 14.0. The molecule has 1 atom stereocenters. The van der Waals surface area contributed by atoms with Gasteiger partial charge in [-0.3, -0.25) is 0 Å². The maximum atomic E-state index is 10.6. The number of rotatable bonds is 4. The molecule has 0 amide bonds. The van der Waals surface area contributed by atoms with Crippen LogP contribution >= 0.6 is 11.9 Å². The zero-order valence-electron chi connectivity index (χ0n) is 9.83. The molecule has 17 heavy (non-hydrogen) atoms. The SMILES string of the molecule is CC(C)C(O)(Oc1ccccc1)N1C=CSN1. The van der Waals surface area contributed by atoms with Gasteiger partial charge < -0.3 is 9.84 Å². The molecular weight excluding hydrogens is 236 g/mol. The van der Waals surface area contributed by atoms with Gasteiger partial charge in [0.15, 0.2) is 0 Å². The number of hydrazine groups is 1. The van der Waals surface area contributed by atoms with Gasteiger partial charge in [-0.25, -0.2) is 5.01 Å². The van der Waals surface area contributed by atoms with Crippen LogP contribution < -0.4 is 9.57 Å². The number of ether oxygens (including phenoxy) is 1. The van der Waals surface area contributed by atoms with Crippen molar-refractivity contribution >= 4 is 11.9 Å². The highest BCUT2D eigenvalue weighted by Crippen LogP contribution is 2.28. The lowest BCUT2D eigenvalue weighted by atomic mass is 10.1. The van der Waals surface area contributed by atoms with E-state index in [0.29, 0.717) is 5.75 Å². The average molecular weight is 252 g/mol. The molecule has 1 aromatic rings. The minimum atomic E-state index is -1.40. The Morgan fingerprint density at radius 1 is 1.35 bits per heavy atom. The number of hydrogen-bond donors (Lipinski definition) is 2. The Bertz CT molecular complexity index is 397. The molecule has 92 valence electrons. The highest BCUT2D eigenvalue weighted by atomic mass is 32.2. The van der Waals surface area contributed by atoms with Gasteiger partial charge in [0.25, 0.3) is 0 Å². The van der Waals surface area contributed by atoms with Crippen LogP contribution in [0.5, 0.6) is 5.75 Å². The third-order valence-electron chi connectivity index (χ3n) is 2.54. The van der Waals surface area contributed by atoms with Crippen molar-refractivity contribution in [2.24, 2.45) is 5.92 Å². The van der Waals surface area contributed by atoms with E-state index < -0.39 is 5.91 Å². The highest BCUT2D eigenvalue weighted by Gasteiger charge is 2.40. The van der Waals surface area contributed by atoms with Crippen molar-refractivity contribution < 1.29 is 9.84 Å². The molecule has 0 spiro atoms. The third-order valence-corrected chi connectivity index (χ3v) is 3.10. The normalized spacial score (nSPS) is 18.5. The Kier molecular flexibility index (Phi) is 3.61. The van der Waals surface area contributed by atoms with Crippen LogP contribution in [0.4, 0.5) is 0 Å². The van der Waals surface area contributed by atoms with Crippen LogP contribution in [0.3, 0.4) is 0 Å². The molecule has 0 fully saturated rings. The fourth-order valence-electron chi connectivity index (χ4n) is 1.49. The molecule has 1 aromatic carbocycles. The monoisotopic (exact) mass is 252 g/mol. The summed E-state index contributed by atoms with van der Waals surface area (Å²) in [5.41, 5.74) is 0. The standard InChI is InChI=1S/C12H16N2O2S/c1-10(2)12(15,14-8-9-17-13-14)16-11-6-4-3-5-7-11/h3-10,13,15H,1-2H3. The highest BCUT2D eigenvalue weighted by molar-refractivity contribution is 8.00. The largest absolute Gasteiger partial charge is 0.443 e. The van der Waals surface area contributed by atoms with Gasteiger partial charge in [0.2, 0.25) is 0 Å². The van der Waals surface area contributed by atoms with E-state index in [9.17, 15) is 5.11 Å². The molecule has 2 N–H and O–H groups in total. The van der Waals surface area contributed by atoms with E-state index in [4.69, 9.17) is 4.74 Å². The smallest absolute Gasteiger partial charge is 0.308 e. The second-order valence-corrected chi connectivity index (χ2v) is 4.78. The molecule has 1 aliphatic heterocycles. The summed E-state index contributed by atoms with van der Waals surface area (Å²) in [4.78, 5) is 2.96. The van der Waals surface area contributed by atoms with E-state index in [2.05, 4.69) is 4.83 Å². The summed E-state index contributed by atoms with van der Waals surface area (Å²) in [6, 6.07) is 9.29. The summed E-state index contributed by atoms with van der Waals surface area (Å²) >= 11 is 1.39. The van der Waals surface area contributed by atoms with Crippen LogP contribution in [0.1, 0.15) is 13.8 Å². The Labute approximate surface area is 105 Å². The lowest BCUT2D eigenvalue weighted by Crippen LogP contribution is -2.57. The first-order chi connectivity index (χ1) is 8.13. The average Bonchev–Trinajstić information content (AvgIpc) is 2.84. The molecule has 0 aromatic heterocycles. The van der Waals surface area contributed by atoms with Gasteiger partial charge >= 0.3 is 5.91 Å². The molecule has 4 nitrogen and oxygen atoms in total. The first kappa shape index (κ1) is 12.3. The molecule has 0 aliphatic carbocycles. The van der Waals surface area contributed by atoms with Crippen LogP contribution in [0, 0.1) is 5.92 Å². The molecule has 0 saturated carbocycles. The first-order valence-electron chi connectivity index (χ1n) is 5.46. The summed E-state index contributed by atoms with van der Waals surface area (Å²) in [6.07, 6.45) is 1.76. The summed E-state index contributed by atoms with van der Waals surface area (Å²) in [6.45, 7) is 3.81. The van der Waals surface area contributed by atoms with E-state index in [1.165, 1.54) is 11.9 Å². The summed E-state index contributed by atoms with van der Waals surface area (Å²) in [7, 11) is 0. The zero-order valence-corrected chi connectivity index (χ0v) is 10.6. The van der Waals surface area contributed by atoms with Crippen molar-refractivity contribution in [1.82, 2.24) is 9.84 Å². The van der Waals surface area contributed by atoms with Crippen LogP contribution in [-0.2, 0) is 0 Å². The van der Waals surface area contributed by atoms with Crippen molar-refractivity contribution in [3.8, 4) is 5.75 Å². The van der Waals surface area contributed by atoms with E-state index in [0.717, 1.165) is 0 Å². The number of hydrogen-bond acceptors (Lipinski definition) is 5. The van der Waals surface area contributed by atoms with Gasteiger partial charge in [0.1, 0.15) is 5.75 Å². The third kappa shape index (κ3) is 2.57. The van der Waals surface area contributed by atoms with Gasteiger partial charge in [-0.1, -0.05) is 32.0 Å². The van der Waals surface area contributed by atoms with E-state index in [1.807, 2.05) is 49.6 Å². The second-order valence-electron chi connectivity index (χ2n) is 4.09. The Morgan fingerprint density at radius 2 is 2.06 bits per heavy atom. The Balaban J connectivity index is 2.20. The van der Waals surface area contributed by atoms with Crippen LogP contribution in [-0.4, -0.2) is 16.0 Å². The van der Waals surface area contributed by atoms with Gasteiger partial charge in [-0.05, 0) is 24.1 Å². The minimum absolute atomic E-state index is 0.0986. The molecule has 0 radical (unpaired) electrons. The van der Waals surface area contributed by atoms with Crippen molar-refractivity contribution in [2.75, 3.05) is 0 Å². The van der Waals surface area contributed by atoms with Gasteiger partial charge in [0.05, 0.1) is 0 Å². The molecule has 0 bridgehead atoms. The van der Waals surface area contributed by atoms with E-state index >= 15 is 0 Å². The number of aliphatic hydroxyl groups is 1. The number of nitrogens with zero attached hydrogens (tertiary/aromatic N) is 1.